The van der Waals surface area contributed by atoms with E-state index in [0.717, 1.165) is 41.3 Å². The number of benzene rings is 2. The lowest BCUT2D eigenvalue weighted by Crippen LogP contribution is -2.26. The first-order valence-corrected chi connectivity index (χ1v) is 9.75. The van der Waals surface area contributed by atoms with Crippen LogP contribution in [0.5, 0.6) is 5.75 Å². The van der Waals surface area contributed by atoms with Gasteiger partial charge in [0.15, 0.2) is 0 Å². The molecule has 2 aromatic carbocycles. The van der Waals surface area contributed by atoms with E-state index in [1.54, 1.807) is 0 Å². The molecule has 4 heteroatoms. The third-order valence-electron chi connectivity index (χ3n) is 5.83. The van der Waals surface area contributed by atoms with Crippen LogP contribution >= 0.6 is 0 Å². The maximum Gasteiger partial charge on any atom is 0.129 e. The molecule has 2 heterocycles. The molecule has 1 N–H and O–H groups in total. The summed E-state index contributed by atoms with van der Waals surface area (Å²) in [6, 6.07) is 12.8. The average molecular weight is 360 g/mol. The maximum absolute atomic E-state index is 9.46. The van der Waals surface area contributed by atoms with Gasteiger partial charge in [0, 0.05) is 17.5 Å². The predicted molar refractivity (Wildman–Crippen MR) is 107 cm³/mol. The molecular formula is C23H24N2O2. The van der Waals surface area contributed by atoms with Crippen LogP contribution in [0.25, 0.3) is 10.9 Å². The van der Waals surface area contributed by atoms with Crippen LogP contribution in [-0.2, 0) is 26.0 Å². The zero-order valence-electron chi connectivity index (χ0n) is 15.7. The summed E-state index contributed by atoms with van der Waals surface area (Å²) >= 11 is 0. The highest BCUT2D eigenvalue weighted by molar-refractivity contribution is 5.85. The number of aliphatic hydroxyl groups excluding tert-OH is 1. The fourth-order valence-corrected chi connectivity index (χ4v) is 4.35. The first-order chi connectivity index (χ1) is 13.2. The molecule has 0 spiro atoms. The van der Waals surface area contributed by atoms with E-state index in [1.165, 1.54) is 41.3 Å². The molecule has 27 heavy (non-hydrogen) atoms. The summed E-state index contributed by atoms with van der Waals surface area (Å²) in [6.07, 6.45) is 3.62. The Hall–Kier alpha value is -2.59. The SMILES string of the molecule is Cc1cc(N2CCOc3ccc(CO)cc3C2)nc2cc3c(cc12)CCC3. The third kappa shape index (κ3) is 2.94. The van der Waals surface area contributed by atoms with E-state index < -0.39 is 0 Å². The smallest absolute Gasteiger partial charge is 0.129 e. The number of aliphatic hydroxyl groups is 1. The number of rotatable bonds is 2. The van der Waals surface area contributed by atoms with E-state index in [0.29, 0.717) is 6.61 Å². The van der Waals surface area contributed by atoms with E-state index in [4.69, 9.17) is 9.72 Å². The van der Waals surface area contributed by atoms with Crippen molar-refractivity contribution in [1.29, 1.82) is 0 Å². The van der Waals surface area contributed by atoms with Gasteiger partial charge in [-0.15, -0.1) is 0 Å². The van der Waals surface area contributed by atoms with E-state index in [9.17, 15) is 5.11 Å². The topological polar surface area (TPSA) is 45.6 Å². The lowest BCUT2D eigenvalue weighted by Gasteiger charge is -2.22. The molecule has 4 nitrogen and oxygen atoms in total. The highest BCUT2D eigenvalue weighted by Crippen LogP contribution is 2.32. The monoisotopic (exact) mass is 360 g/mol. The lowest BCUT2D eigenvalue weighted by molar-refractivity contribution is 0.281. The minimum absolute atomic E-state index is 0.0473. The van der Waals surface area contributed by atoms with Crippen molar-refractivity contribution in [2.24, 2.45) is 0 Å². The molecule has 1 aliphatic carbocycles. The van der Waals surface area contributed by atoms with E-state index in [2.05, 4.69) is 30.0 Å². The molecular weight excluding hydrogens is 336 g/mol. The van der Waals surface area contributed by atoms with Gasteiger partial charge in [-0.1, -0.05) is 6.07 Å². The van der Waals surface area contributed by atoms with Crippen LogP contribution in [0, 0.1) is 6.92 Å². The molecule has 1 aliphatic heterocycles. The maximum atomic E-state index is 9.46. The number of nitrogens with zero attached hydrogens (tertiary/aromatic N) is 2. The number of hydrogen-bond acceptors (Lipinski definition) is 4. The number of pyridine rings is 1. The molecule has 5 rings (SSSR count). The minimum Gasteiger partial charge on any atom is -0.491 e. The molecule has 0 saturated heterocycles. The molecule has 0 atom stereocenters. The zero-order chi connectivity index (χ0) is 18.4. The molecule has 0 saturated carbocycles. The third-order valence-corrected chi connectivity index (χ3v) is 5.83. The van der Waals surface area contributed by atoms with Gasteiger partial charge in [0.2, 0.25) is 0 Å². The number of ether oxygens (including phenoxy) is 1. The molecule has 0 fully saturated rings. The van der Waals surface area contributed by atoms with Gasteiger partial charge in [-0.25, -0.2) is 4.98 Å². The Morgan fingerprint density at radius 2 is 1.93 bits per heavy atom. The minimum atomic E-state index is 0.0473. The van der Waals surface area contributed by atoms with Crippen molar-refractivity contribution in [2.75, 3.05) is 18.1 Å². The molecule has 138 valence electrons. The van der Waals surface area contributed by atoms with Crippen LogP contribution < -0.4 is 9.64 Å². The first-order valence-electron chi connectivity index (χ1n) is 9.75. The Bertz CT molecular complexity index is 1030. The fourth-order valence-electron chi connectivity index (χ4n) is 4.35. The summed E-state index contributed by atoms with van der Waals surface area (Å²) < 4.78 is 5.93. The highest BCUT2D eigenvalue weighted by atomic mass is 16.5. The van der Waals surface area contributed by atoms with Gasteiger partial charge in [0.25, 0.3) is 0 Å². The van der Waals surface area contributed by atoms with Crippen molar-refractivity contribution >= 4 is 16.7 Å². The Labute approximate surface area is 159 Å². The van der Waals surface area contributed by atoms with Crippen molar-refractivity contribution in [1.82, 2.24) is 4.98 Å². The quantitative estimate of drug-likeness (QED) is 0.752. The standard InChI is InChI=1S/C23H24N2O2/c1-15-9-23(24-21-12-18-4-2-3-17(18)11-20(15)21)25-7-8-27-22-6-5-16(14-26)10-19(22)13-25/h5-6,9-12,26H,2-4,7-8,13-14H2,1H3. The number of hydrogen-bond donors (Lipinski definition) is 1. The summed E-state index contributed by atoms with van der Waals surface area (Å²) in [5.74, 6) is 1.91. The summed E-state index contributed by atoms with van der Waals surface area (Å²) in [5.41, 5.74) is 7.35. The second kappa shape index (κ2) is 6.54. The van der Waals surface area contributed by atoms with Gasteiger partial charge in [-0.2, -0.15) is 0 Å². The van der Waals surface area contributed by atoms with Crippen LogP contribution in [0.4, 0.5) is 5.82 Å². The van der Waals surface area contributed by atoms with Crippen molar-refractivity contribution in [3.63, 3.8) is 0 Å². The van der Waals surface area contributed by atoms with Gasteiger partial charge in [-0.05, 0) is 78.8 Å². The molecule has 2 aliphatic rings. The van der Waals surface area contributed by atoms with Crippen molar-refractivity contribution in [3.8, 4) is 5.75 Å². The largest absolute Gasteiger partial charge is 0.491 e. The number of anilines is 1. The van der Waals surface area contributed by atoms with Gasteiger partial charge in [-0.3, -0.25) is 0 Å². The van der Waals surface area contributed by atoms with Crippen LogP contribution in [0.15, 0.2) is 36.4 Å². The average Bonchev–Trinajstić information content (AvgIpc) is 3.03. The second-order valence-corrected chi connectivity index (χ2v) is 7.66. The van der Waals surface area contributed by atoms with Gasteiger partial charge >= 0.3 is 0 Å². The van der Waals surface area contributed by atoms with Gasteiger partial charge < -0.3 is 14.7 Å². The normalized spacial score (nSPS) is 16.0. The Kier molecular flexibility index (Phi) is 4.01. The summed E-state index contributed by atoms with van der Waals surface area (Å²) in [6.45, 7) is 4.40. The van der Waals surface area contributed by atoms with Gasteiger partial charge in [0.05, 0.1) is 18.7 Å². The van der Waals surface area contributed by atoms with E-state index in [1.807, 2.05) is 18.2 Å². The Morgan fingerprint density at radius 3 is 2.78 bits per heavy atom. The van der Waals surface area contributed by atoms with Crippen LogP contribution in [0.1, 0.15) is 34.2 Å². The molecule has 0 amide bonds. The Morgan fingerprint density at radius 1 is 1.07 bits per heavy atom. The van der Waals surface area contributed by atoms with E-state index >= 15 is 0 Å². The van der Waals surface area contributed by atoms with Crippen LogP contribution in [-0.4, -0.2) is 23.2 Å². The summed E-state index contributed by atoms with van der Waals surface area (Å²) in [7, 11) is 0. The van der Waals surface area contributed by atoms with Crippen LogP contribution in [0.3, 0.4) is 0 Å². The lowest BCUT2D eigenvalue weighted by atomic mass is 10.0. The fraction of sp³-hybridized carbons (Fsp3) is 0.348. The summed E-state index contributed by atoms with van der Waals surface area (Å²) in [5, 5.41) is 10.7. The number of aryl methyl sites for hydroxylation is 3. The highest BCUT2D eigenvalue weighted by Gasteiger charge is 2.19. The summed E-state index contributed by atoms with van der Waals surface area (Å²) in [4.78, 5) is 7.30. The molecule has 0 unspecified atom stereocenters. The number of aromatic nitrogens is 1. The predicted octanol–water partition coefficient (Wildman–Crippen LogP) is 3.92. The van der Waals surface area contributed by atoms with Crippen molar-refractivity contribution in [3.05, 3.63) is 64.2 Å². The molecule has 0 bridgehead atoms. The van der Waals surface area contributed by atoms with E-state index in [-0.39, 0.29) is 6.61 Å². The molecule has 1 aromatic heterocycles. The number of fused-ring (bicyclic) bond motifs is 3. The molecule has 0 radical (unpaired) electrons. The second-order valence-electron chi connectivity index (χ2n) is 7.66. The van der Waals surface area contributed by atoms with Gasteiger partial charge in [0.1, 0.15) is 18.2 Å². The molecule has 3 aromatic rings. The Balaban J connectivity index is 1.55. The van der Waals surface area contributed by atoms with Crippen molar-refractivity contribution < 1.29 is 9.84 Å². The first kappa shape index (κ1) is 16.6. The van der Waals surface area contributed by atoms with Crippen molar-refractivity contribution in [2.45, 2.75) is 39.3 Å². The van der Waals surface area contributed by atoms with Crippen LogP contribution in [0.2, 0.25) is 0 Å². The zero-order valence-corrected chi connectivity index (χ0v) is 15.7.